The summed E-state index contributed by atoms with van der Waals surface area (Å²) >= 11 is 6.04. The number of hydrogen-bond donors (Lipinski definition) is 3. The Morgan fingerprint density at radius 2 is 2.00 bits per heavy atom. The molecule has 2 aromatic rings. The van der Waals surface area contributed by atoms with Crippen molar-refractivity contribution < 1.29 is 9.90 Å². The normalized spacial score (nSPS) is 12.0. The fraction of sp³-hybridized carbons (Fsp3) is 0.278. The Morgan fingerprint density at radius 1 is 1.22 bits per heavy atom. The van der Waals surface area contributed by atoms with E-state index in [-0.39, 0.29) is 18.6 Å². The second-order valence-electron chi connectivity index (χ2n) is 5.43. The van der Waals surface area contributed by atoms with Gasteiger partial charge in [0.2, 0.25) is 0 Å². The Morgan fingerprint density at radius 3 is 2.74 bits per heavy atom. The molecule has 1 amide bonds. The lowest BCUT2D eigenvalue weighted by Crippen LogP contribution is -2.26. The Labute approximate surface area is 141 Å². The molecule has 0 aliphatic rings. The molecule has 0 saturated carbocycles. The number of aliphatic hydroxyl groups excluding tert-OH is 1. The first-order valence-corrected chi connectivity index (χ1v) is 7.97. The predicted octanol–water partition coefficient (Wildman–Crippen LogP) is 3.45. The van der Waals surface area contributed by atoms with Crippen LogP contribution in [-0.4, -0.2) is 23.7 Å². The van der Waals surface area contributed by atoms with Gasteiger partial charge in [-0.05, 0) is 43.2 Å². The molecule has 0 aliphatic carbocycles. The molecule has 0 aliphatic heterocycles. The van der Waals surface area contributed by atoms with Gasteiger partial charge in [-0.15, -0.1) is 0 Å². The van der Waals surface area contributed by atoms with E-state index < -0.39 is 0 Å². The van der Waals surface area contributed by atoms with Crippen LogP contribution in [0.2, 0.25) is 5.02 Å². The van der Waals surface area contributed by atoms with Crippen molar-refractivity contribution in [3.63, 3.8) is 0 Å². The van der Waals surface area contributed by atoms with Gasteiger partial charge in [0, 0.05) is 24.9 Å². The van der Waals surface area contributed by atoms with Gasteiger partial charge < -0.3 is 15.7 Å². The van der Waals surface area contributed by atoms with Crippen LogP contribution >= 0.6 is 11.6 Å². The monoisotopic (exact) mass is 332 g/mol. The molecule has 23 heavy (non-hydrogen) atoms. The molecule has 0 heterocycles. The van der Waals surface area contributed by atoms with E-state index in [1.54, 1.807) is 24.3 Å². The summed E-state index contributed by atoms with van der Waals surface area (Å²) in [7, 11) is 0. The maximum atomic E-state index is 12.3. The standard InChI is InChI=1S/C18H21ClN2O2/c1-13(9-10-22)20-12-14-5-4-6-15(11-14)21-18(23)16-7-2-3-8-17(16)19/h2-8,11,13,20,22H,9-10,12H2,1H3,(H,21,23)/t13-/m1/s1. The zero-order valence-electron chi connectivity index (χ0n) is 13.1. The smallest absolute Gasteiger partial charge is 0.257 e. The zero-order valence-corrected chi connectivity index (χ0v) is 13.8. The van der Waals surface area contributed by atoms with E-state index in [2.05, 4.69) is 10.6 Å². The van der Waals surface area contributed by atoms with Crippen LogP contribution in [0.25, 0.3) is 0 Å². The van der Waals surface area contributed by atoms with Crippen molar-refractivity contribution in [2.24, 2.45) is 0 Å². The van der Waals surface area contributed by atoms with E-state index in [0.29, 0.717) is 23.6 Å². The highest BCUT2D eigenvalue weighted by Gasteiger charge is 2.10. The first-order chi connectivity index (χ1) is 11.1. The van der Waals surface area contributed by atoms with Gasteiger partial charge in [0.1, 0.15) is 0 Å². The number of anilines is 1. The van der Waals surface area contributed by atoms with Crippen LogP contribution in [0.15, 0.2) is 48.5 Å². The second-order valence-corrected chi connectivity index (χ2v) is 5.84. The van der Waals surface area contributed by atoms with Crippen LogP contribution in [0.1, 0.15) is 29.3 Å². The molecular weight excluding hydrogens is 312 g/mol. The number of nitrogens with one attached hydrogen (secondary N) is 2. The van der Waals surface area contributed by atoms with Gasteiger partial charge in [0.05, 0.1) is 10.6 Å². The topological polar surface area (TPSA) is 61.4 Å². The number of carbonyl (C=O) groups excluding carboxylic acids is 1. The van der Waals surface area contributed by atoms with Crippen molar-refractivity contribution in [1.82, 2.24) is 5.32 Å². The highest BCUT2D eigenvalue weighted by molar-refractivity contribution is 6.34. The molecule has 0 bridgehead atoms. The SMILES string of the molecule is C[C@H](CCO)NCc1cccc(NC(=O)c2ccccc2Cl)c1. The molecule has 0 radical (unpaired) electrons. The number of benzene rings is 2. The van der Waals surface area contributed by atoms with Crippen molar-refractivity contribution >= 4 is 23.2 Å². The summed E-state index contributed by atoms with van der Waals surface area (Å²) in [4.78, 5) is 12.3. The number of hydrogen-bond acceptors (Lipinski definition) is 3. The van der Waals surface area contributed by atoms with Crippen LogP contribution in [0, 0.1) is 0 Å². The minimum Gasteiger partial charge on any atom is -0.396 e. The molecule has 122 valence electrons. The van der Waals surface area contributed by atoms with E-state index in [0.717, 1.165) is 11.3 Å². The lowest BCUT2D eigenvalue weighted by atomic mass is 10.1. The molecule has 4 nitrogen and oxygen atoms in total. The second kappa shape index (κ2) is 8.67. The van der Waals surface area contributed by atoms with Gasteiger partial charge >= 0.3 is 0 Å². The molecule has 3 N–H and O–H groups in total. The largest absolute Gasteiger partial charge is 0.396 e. The molecule has 0 unspecified atom stereocenters. The Bertz CT molecular complexity index is 661. The van der Waals surface area contributed by atoms with Gasteiger partial charge in [0.25, 0.3) is 5.91 Å². The zero-order chi connectivity index (χ0) is 16.7. The van der Waals surface area contributed by atoms with Crippen molar-refractivity contribution in [3.8, 4) is 0 Å². The van der Waals surface area contributed by atoms with Gasteiger partial charge in [-0.1, -0.05) is 35.9 Å². The lowest BCUT2D eigenvalue weighted by Gasteiger charge is -2.13. The third kappa shape index (κ3) is 5.36. The maximum absolute atomic E-state index is 12.3. The minimum absolute atomic E-state index is 0.169. The summed E-state index contributed by atoms with van der Waals surface area (Å²) in [6, 6.07) is 14.9. The lowest BCUT2D eigenvalue weighted by molar-refractivity contribution is 0.102. The van der Waals surface area contributed by atoms with Crippen molar-refractivity contribution in [2.75, 3.05) is 11.9 Å². The van der Waals surface area contributed by atoms with Gasteiger partial charge in [0.15, 0.2) is 0 Å². The molecule has 0 aromatic heterocycles. The number of amides is 1. The van der Waals surface area contributed by atoms with Crippen LogP contribution in [-0.2, 0) is 6.54 Å². The third-order valence-electron chi connectivity index (χ3n) is 3.52. The summed E-state index contributed by atoms with van der Waals surface area (Å²) in [5.74, 6) is -0.227. The first-order valence-electron chi connectivity index (χ1n) is 7.59. The quantitative estimate of drug-likeness (QED) is 0.727. The van der Waals surface area contributed by atoms with Crippen molar-refractivity contribution in [3.05, 3.63) is 64.7 Å². The van der Waals surface area contributed by atoms with E-state index in [1.807, 2.05) is 31.2 Å². The molecular formula is C18H21ClN2O2. The summed E-state index contributed by atoms with van der Waals surface area (Å²) in [5, 5.41) is 15.5. The fourth-order valence-electron chi connectivity index (χ4n) is 2.19. The predicted molar refractivity (Wildman–Crippen MR) is 93.9 cm³/mol. The maximum Gasteiger partial charge on any atom is 0.257 e. The average Bonchev–Trinajstić information content (AvgIpc) is 2.54. The molecule has 5 heteroatoms. The minimum atomic E-state index is -0.227. The van der Waals surface area contributed by atoms with Crippen molar-refractivity contribution in [1.29, 1.82) is 0 Å². The molecule has 1 atom stereocenters. The summed E-state index contributed by atoms with van der Waals surface area (Å²) < 4.78 is 0. The highest BCUT2D eigenvalue weighted by Crippen LogP contribution is 2.18. The van der Waals surface area contributed by atoms with Gasteiger partial charge in [-0.3, -0.25) is 4.79 Å². The summed E-state index contributed by atoms with van der Waals surface area (Å²) in [6.07, 6.45) is 0.711. The van der Waals surface area contributed by atoms with E-state index in [9.17, 15) is 4.79 Å². The van der Waals surface area contributed by atoms with E-state index in [4.69, 9.17) is 16.7 Å². The Balaban J connectivity index is 2.00. The van der Waals surface area contributed by atoms with Crippen LogP contribution in [0.5, 0.6) is 0 Å². The number of rotatable bonds is 7. The molecule has 2 rings (SSSR count). The summed E-state index contributed by atoms with van der Waals surface area (Å²) in [5.41, 5.74) is 2.24. The van der Waals surface area contributed by atoms with E-state index >= 15 is 0 Å². The van der Waals surface area contributed by atoms with Gasteiger partial charge in [-0.25, -0.2) is 0 Å². The van der Waals surface area contributed by atoms with Crippen LogP contribution in [0.3, 0.4) is 0 Å². The molecule has 0 spiro atoms. The van der Waals surface area contributed by atoms with Gasteiger partial charge in [-0.2, -0.15) is 0 Å². The number of aliphatic hydroxyl groups is 1. The van der Waals surface area contributed by atoms with E-state index in [1.165, 1.54) is 0 Å². The molecule has 0 saturated heterocycles. The average molecular weight is 333 g/mol. The first kappa shape index (κ1) is 17.5. The van der Waals surface area contributed by atoms with Crippen LogP contribution < -0.4 is 10.6 Å². The third-order valence-corrected chi connectivity index (χ3v) is 3.85. The fourth-order valence-corrected chi connectivity index (χ4v) is 2.41. The number of carbonyl (C=O) groups is 1. The van der Waals surface area contributed by atoms with Crippen molar-refractivity contribution in [2.45, 2.75) is 25.9 Å². The van der Waals surface area contributed by atoms with Crippen LogP contribution in [0.4, 0.5) is 5.69 Å². The molecule has 0 fully saturated rings. The number of halogens is 1. The summed E-state index contributed by atoms with van der Waals surface area (Å²) in [6.45, 7) is 2.87. The Kier molecular flexibility index (Phi) is 6.59. The highest BCUT2D eigenvalue weighted by atomic mass is 35.5. The molecule has 2 aromatic carbocycles. The Hall–Kier alpha value is -1.88.